The second-order valence-electron chi connectivity index (χ2n) is 5.45. The summed E-state index contributed by atoms with van der Waals surface area (Å²) >= 11 is 0. The third kappa shape index (κ3) is 4.55. The Morgan fingerprint density at radius 2 is 2.04 bits per heavy atom. The monoisotopic (exact) mass is 330 g/mol. The van der Waals surface area contributed by atoms with Crippen molar-refractivity contribution in [3.8, 4) is 11.4 Å². The maximum absolute atomic E-state index is 12.0. The van der Waals surface area contributed by atoms with E-state index in [1.165, 1.54) is 4.68 Å². The van der Waals surface area contributed by atoms with Crippen LogP contribution in [0.25, 0.3) is 11.4 Å². The number of carboxylic acids is 1. The maximum Gasteiger partial charge on any atom is 0.326 e. The quantitative estimate of drug-likeness (QED) is 0.713. The first-order valence-electron chi connectivity index (χ1n) is 7.66. The van der Waals surface area contributed by atoms with Crippen LogP contribution in [0.4, 0.5) is 0 Å². The second-order valence-corrected chi connectivity index (χ2v) is 5.45. The molecule has 0 aliphatic carbocycles. The van der Waals surface area contributed by atoms with Crippen molar-refractivity contribution in [1.82, 2.24) is 20.4 Å². The second kappa shape index (κ2) is 8.09. The van der Waals surface area contributed by atoms with Gasteiger partial charge in [-0.15, -0.1) is 0 Å². The van der Waals surface area contributed by atoms with Gasteiger partial charge in [-0.1, -0.05) is 25.0 Å². The summed E-state index contributed by atoms with van der Waals surface area (Å²) in [6, 6.07) is 2.57. The summed E-state index contributed by atoms with van der Waals surface area (Å²) in [6.45, 7) is 3.61. The number of rotatable bonds is 7. The van der Waals surface area contributed by atoms with Crippen LogP contribution in [-0.2, 0) is 16.1 Å². The maximum atomic E-state index is 12.0. The molecule has 8 heteroatoms. The molecule has 2 atom stereocenters. The summed E-state index contributed by atoms with van der Waals surface area (Å²) in [7, 11) is 0. The summed E-state index contributed by atoms with van der Waals surface area (Å²) in [5, 5.41) is 15.9. The van der Waals surface area contributed by atoms with Crippen LogP contribution in [0, 0.1) is 5.92 Å². The molecule has 0 bridgehead atoms. The van der Waals surface area contributed by atoms with Crippen LogP contribution in [0.2, 0.25) is 0 Å². The van der Waals surface area contributed by atoms with Gasteiger partial charge in [0.05, 0.1) is 0 Å². The zero-order valence-electron chi connectivity index (χ0n) is 13.6. The van der Waals surface area contributed by atoms with E-state index in [0.29, 0.717) is 12.2 Å². The summed E-state index contributed by atoms with van der Waals surface area (Å²) < 4.78 is 1.43. The molecule has 0 spiro atoms. The molecule has 0 aliphatic heterocycles. The van der Waals surface area contributed by atoms with Crippen molar-refractivity contribution in [1.29, 1.82) is 0 Å². The van der Waals surface area contributed by atoms with Gasteiger partial charge in [-0.2, -0.15) is 0 Å². The molecule has 2 rings (SSSR count). The summed E-state index contributed by atoms with van der Waals surface area (Å²) in [5.74, 6) is -1.04. The Labute approximate surface area is 139 Å². The molecule has 0 aromatic carbocycles. The Morgan fingerprint density at radius 3 is 2.58 bits per heavy atom. The van der Waals surface area contributed by atoms with Crippen molar-refractivity contribution >= 4 is 11.9 Å². The highest BCUT2D eigenvalue weighted by Crippen LogP contribution is 2.09. The van der Waals surface area contributed by atoms with Gasteiger partial charge in [0.25, 0.3) is 12.5 Å². The Kier molecular flexibility index (Phi) is 5.89. The third-order valence-electron chi connectivity index (χ3n) is 3.70. The SMILES string of the molecule is CCC(C)C(NC(=O)C[n+]1ccc(-c2ncccn2)cn1)C(=O)O. The largest absolute Gasteiger partial charge is 0.480 e. The molecule has 126 valence electrons. The molecule has 2 heterocycles. The summed E-state index contributed by atoms with van der Waals surface area (Å²) in [5.41, 5.74) is 0.732. The van der Waals surface area contributed by atoms with Crippen LogP contribution in [0.15, 0.2) is 36.9 Å². The molecule has 24 heavy (non-hydrogen) atoms. The number of carbonyl (C=O) groups excluding carboxylic acids is 1. The standard InChI is InChI=1S/C16H19N5O3/c1-3-11(2)14(16(23)24)20-13(22)10-21-8-5-12(9-19-21)15-17-6-4-7-18-15/h4-9,11,14H,3,10H2,1-2H3,(H-,20,22,23,24)/p+1. The number of hydrogen-bond acceptors (Lipinski definition) is 5. The van der Waals surface area contributed by atoms with Crippen molar-refractivity contribution in [3.05, 3.63) is 36.9 Å². The van der Waals surface area contributed by atoms with Crippen LogP contribution in [-0.4, -0.2) is 38.1 Å². The van der Waals surface area contributed by atoms with Gasteiger partial charge in [-0.25, -0.2) is 14.8 Å². The van der Waals surface area contributed by atoms with Crippen LogP contribution in [0.3, 0.4) is 0 Å². The fourth-order valence-electron chi connectivity index (χ4n) is 2.11. The van der Waals surface area contributed by atoms with E-state index in [-0.39, 0.29) is 12.5 Å². The fourth-order valence-corrected chi connectivity index (χ4v) is 2.11. The average molecular weight is 330 g/mol. The zero-order valence-corrected chi connectivity index (χ0v) is 13.6. The lowest BCUT2D eigenvalue weighted by atomic mass is 9.99. The minimum atomic E-state index is -1.03. The van der Waals surface area contributed by atoms with E-state index in [1.807, 2.05) is 6.92 Å². The molecular weight excluding hydrogens is 310 g/mol. The predicted octanol–water partition coefficient (Wildman–Crippen LogP) is 0.442. The number of carbonyl (C=O) groups is 2. The highest BCUT2D eigenvalue weighted by atomic mass is 16.4. The molecule has 0 fully saturated rings. The lowest BCUT2D eigenvalue weighted by molar-refractivity contribution is -0.742. The van der Waals surface area contributed by atoms with Crippen molar-refractivity contribution in [2.75, 3.05) is 0 Å². The van der Waals surface area contributed by atoms with Crippen LogP contribution < -0.4 is 10.00 Å². The molecule has 0 saturated heterocycles. The van der Waals surface area contributed by atoms with Gasteiger partial charge in [-0.3, -0.25) is 4.79 Å². The minimum absolute atomic E-state index is 0.0594. The number of aliphatic carboxylic acids is 1. The Bertz CT molecular complexity index is 691. The number of amides is 1. The van der Waals surface area contributed by atoms with Gasteiger partial charge >= 0.3 is 5.97 Å². The molecule has 0 saturated carbocycles. The normalized spacial score (nSPS) is 13.1. The van der Waals surface area contributed by atoms with E-state index in [9.17, 15) is 14.7 Å². The van der Waals surface area contributed by atoms with E-state index < -0.39 is 17.9 Å². The number of hydrogen-bond donors (Lipinski definition) is 2. The minimum Gasteiger partial charge on any atom is -0.480 e. The van der Waals surface area contributed by atoms with Gasteiger partial charge in [0.15, 0.2) is 12.0 Å². The van der Waals surface area contributed by atoms with E-state index in [2.05, 4.69) is 20.4 Å². The zero-order chi connectivity index (χ0) is 17.5. The summed E-state index contributed by atoms with van der Waals surface area (Å²) in [4.78, 5) is 31.5. The lowest BCUT2D eigenvalue weighted by Gasteiger charge is -2.19. The lowest BCUT2D eigenvalue weighted by Crippen LogP contribution is -2.51. The molecule has 2 N–H and O–H groups in total. The van der Waals surface area contributed by atoms with Gasteiger partial charge in [-0.05, 0) is 17.1 Å². The van der Waals surface area contributed by atoms with E-state index >= 15 is 0 Å². The molecule has 2 aromatic heterocycles. The first kappa shape index (κ1) is 17.5. The van der Waals surface area contributed by atoms with Gasteiger partial charge in [0.1, 0.15) is 12.2 Å². The van der Waals surface area contributed by atoms with Crippen molar-refractivity contribution < 1.29 is 19.4 Å². The molecule has 8 nitrogen and oxygen atoms in total. The van der Waals surface area contributed by atoms with Crippen molar-refractivity contribution in [3.63, 3.8) is 0 Å². The topological polar surface area (TPSA) is 109 Å². The van der Waals surface area contributed by atoms with Gasteiger partial charge < -0.3 is 10.4 Å². The number of nitrogens with one attached hydrogen (secondary N) is 1. The molecular formula is C16H20N5O3+. The van der Waals surface area contributed by atoms with Gasteiger partial charge in [0.2, 0.25) is 0 Å². The number of nitrogens with zero attached hydrogens (tertiary/aromatic N) is 4. The highest BCUT2D eigenvalue weighted by molar-refractivity contribution is 5.82. The average Bonchev–Trinajstić information content (AvgIpc) is 2.60. The number of carboxylic acid groups (broad SMARTS) is 1. The first-order chi connectivity index (χ1) is 11.5. The Balaban J connectivity index is 2.00. The Morgan fingerprint density at radius 1 is 1.33 bits per heavy atom. The van der Waals surface area contributed by atoms with E-state index in [0.717, 1.165) is 5.56 Å². The predicted molar refractivity (Wildman–Crippen MR) is 84.5 cm³/mol. The molecule has 2 unspecified atom stereocenters. The van der Waals surface area contributed by atoms with Crippen molar-refractivity contribution in [2.24, 2.45) is 5.92 Å². The molecule has 1 amide bonds. The fraction of sp³-hybridized carbons (Fsp3) is 0.375. The molecule has 2 aromatic rings. The van der Waals surface area contributed by atoms with Gasteiger partial charge in [0, 0.05) is 24.0 Å². The van der Waals surface area contributed by atoms with Crippen molar-refractivity contribution in [2.45, 2.75) is 32.9 Å². The molecule has 0 aliphatic rings. The van der Waals surface area contributed by atoms with E-state index in [4.69, 9.17) is 0 Å². The highest BCUT2D eigenvalue weighted by Gasteiger charge is 2.26. The third-order valence-corrected chi connectivity index (χ3v) is 3.70. The smallest absolute Gasteiger partial charge is 0.326 e. The van der Waals surface area contributed by atoms with Crippen LogP contribution >= 0.6 is 0 Å². The molecule has 0 radical (unpaired) electrons. The number of aromatic nitrogens is 4. The Hall–Kier alpha value is -2.90. The first-order valence-corrected chi connectivity index (χ1v) is 7.66. The summed E-state index contributed by atoms with van der Waals surface area (Å²) in [6.07, 6.45) is 7.13. The van der Waals surface area contributed by atoms with Crippen LogP contribution in [0.5, 0.6) is 0 Å². The van der Waals surface area contributed by atoms with Crippen LogP contribution in [0.1, 0.15) is 20.3 Å². The van der Waals surface area contributed by atoms with E-state index in [1.54, 1.807) is 43.8 Å².